The van der Waals surface area contributed by atoms with Gasteiger partial charge in [-0.3, -0.25) is 10.1 Å². The zero-order valence-electron chi connectivity index (χ0n) is 10.4. The van der Waals surface area contributed by atoms with Crippen LogP contribution in [0.4, 0.5) is 5.69 Å². The van der Waals surface area contributed by atoms with Crippen LogP contribution in [-0.2, 0) is 6.61 Å². The maximum absolute atomic E-state index is 10.7. The lowest BCUT2D eigenvalue weighted by Gasteiger charge is -2.01. The summed E-state index contributed by atoms with van der Waals surface area (Å²) in [4.78, 5) is 14.4. The van der Waals surface area contributed by atoms with E-state index in [1.165, 1.54) is 18.2 Å². The number of nitro groups is 1. The number of nitro benzene ring substituents is 1. The van der Waals surface area contributed by atoms with E-state index in [1.807, 2.05) is 30.3 Å². The fourth-order valence-electron chi connectivity index (χ4n) is 1.80. The molecule has 0 spiro atoms. The van der Waals surface area contributed by atoms with Gasteiger partial charge < -0.3 is 9.15 Å². The highest BCUT2D eigenvalue weighted by atomic mass is 16.6. The Morgan fingerprint density at radius 2 is 2.00 bits per heavy atom. The van der Waals surface area contributed by atoms with Crippen molar-refractivity contribution in [3.8, 4) is 5.75 Å². The van der Waals surface area contributed by atoms with Crippen molar-refractivity contribution in [2.75, 3.05) is 0 Å². The average molecular weight is 270 g/mol. The lowest BCUT2D eigenvalue weighted by atomic mass is 10.3. The summed E-state index contributed by atoms with van der Waals surface area (Å²) in [6, 6.07) is 13.6. The van der Waals surface area contributed by atoms with E-state index in [-0.39, 0.29) is 12.3 Å². The summed E-state index contributed by atoms with van der Waals surface area (Å²) in [5, 5.41) is 10.7. The Balaban J connectivity index is 1.80. The minimum atomic E-state index is -0.464. The zero-order chi connectivity index (χ0) is 13.9. The molecule has 2 aromatic carbocycles. The summed E-state index contributed by atoms with van der Waals surface area (Å²) < 4.78 is 11.0. The van der Waals surface area contributed by atoms with Crippen molar-refractivity contribution >= 4 is 16.8 Å². The third kappa shape index (κ3) is 2.44. The summed E-state index contributed by atoms with van der Waals surface area (Å²) in [6.45, 7) is 0.173. The topological polar surface area (TPSA) is 78.4 Å². The van der Waals surface area contributed by atoms with Crippen molar-refractivity contribution in [1.82, 2.24) is 4.98 Å². The molecule has 0 radical (unpaired) electrons. The van der Waals surface area contributed by atoms with E-state index < -0.39 is 4.92 Å². The van der Waals surface area contributed by atoms with Gasteiger partial charge in [-0.2, -0.15) is 0 Å². The molecule has 3 aromatic rings. The number of fused-ring (bicyclic) bond motifs is 1. The van der Waals surface area contributed by atoms with Crippen molar-refractivity contribution in [3.05, 3.63) is 64.5 Å². The van der Waals surface area contributed by atoms with Crippen LogP contribution in [0.25, 0.3) is 11.1 Å². The Hall–Kier alpha value is -2.89. The Kier molecular flexibility index (Phi) is 3.04. The molecule has 0 saturated carbocycles. The Bertz CT molecular complexity index is 752. The van der Waals surface area contributed by atoms with Gasteiger partial charge in [0.15, 0.2) is 12.2 Å². The molecule has 6 heteroatoms. The lowest BCUT2D eigenvalue weighted by Crippen LogP contribution is -1.94. The smallest absolute Gasteiger partial charge is 0.271 e. The van der Waals surface area contributed by atoms with Gasteiger partial charge in [0.2, 0.25) is 5.89 Å². The zero-order valence-corrected chi connectivity index (χ0v) is 10.4. The first kappa shape index (κ1) is 12.2. The van der Waals surface area contributed by atoms with Gasteiger partial charge in [-0.25, -0.2) is 4.98 Å². The number of hydrogen-bond acceptors (Lipinski definition) is 5. The molecule has 0 aliphatic carbocycles. The molecule has 0 atom stereocenters. The monoisotopic (exact) mass is 270 g/mol. The molecular weight excluding hydrogens is 260 g/mol. The quantitative estimate of drug-likeness (QED) is 0.536. The van der Waals surface area contributed by atoms with Crippen LogP contribution in [0.3, 0.4) is 0 Å². The van der Waals surface area contributed by atoms with Crippen LogP contribution in [0, 0.1) is 10.1 Å². The van der Waals surface area contributed by atoms with Crippen LogP contribution in [0.1, 0.15) is 5.89 Å². The van der Waals surface area contributed by atoms with Crippen LogP contribution < -0.4 is 4.74 Å². The molecule has 0 N–H and O–H groups in total. The molecule has 0 unspecified atom stereocenters. The van der Waals surface area contributed by atoms with Gasteiger partial charge >= 0.3 is 0 Å². The molecule has 100 valence electrons. The van der Waals surface area contributed by atoms with E-state index in [0.717, 1.165) is 0 Å². The van der Waals surface area contributed by atoms with E-state index in [1.54, 1.807) is 0 Å². The van der Waals surface area contributed by atoms with Crippen molar-refractivity contribution in [3.63, 3.8) is 0 Å². The standard InChI is InChI=1S/C14H10N2O4/c17-16(18)10-6-7-13-12(8-10)15-14(20-13)9-19-11-4-2-1-3-5-11/h1-8H,9H2. The fourth-order valence-corrected chi connectivity index (χ4v) is 1.80. The number of oxazole rings is 1. The first-order valence-corrected chi connectivity index (χ1v) is 5.94. The van der Waals surface area contributed by atoms with E-state index in [2.05, 4.69) is 4.98 Å². The minimum absolute atomic E-state index is 0.0127. The van der Waals surface area contributed by atoms with E-state index >= 15 is 0 Å². The maximum Gasteiger partial charge on any atom is 0.271 e. The van der Waals surface area contributed by atoms with Gasteiger partial charge in [-0.1, -0.05) is 18.2 Å². The van der Waals surface area contributed by atoms with Gasteiger partial charge in [-0.05, 0) is 18.2 Å². The van der Waals surface area contributed by atoms with E-state index in [9.17, 15) is 10.1 Å². The van der Waals surface area contributed by atoms with Crippen LogP contribution in [-0.4, -0.2) is 9.91 Å². The number of rotatable bonds is 4. The van der Waals surface area contributed by atoms with Crippen molar-refractivity contribution in [2.24, 2.45) is 0 Å². The summed E-state index contributed by atoms with van der Waals surface area (Å²) in [5.74, 6) is 1.09. The fraction of sp³-hybridized carbons (Fsp3) is 0.0714. The Morgan fingerprint density at radius 3 is 2.75 bits per heavy atom. The van der Waals surface area contributed by atoms with E-state index in [4.69, 9.17) is 9.15 Å². The van der Waals surface area contributed by atoms with Crippen molar-refractivity contribution in [1.29, 1.82) is 0 Å². The molecular formula is C14H10N2O4. The number of hydrogen-bond donors (Lipinski definition) is 0. The van der Waals surface area contributed by atoms with Crippen LogP contribution >= 0.6 is 0 Å². The molecule has 0 bridgehead atoms. The van der Waals surface area contributed by atoms with Crippen molar-refractivity contribution < 1.29 is 14.1 Å². The predicted octanol–water partition coefficient (Wildman–Crippen LogP) is 3.32. The third-order valence-corrected chi connectivity index (χ3v) is 2.73. The molecule has 0 saturated heterocycles. The molecule has 0 amide bonds. The van der Waals surface area contributed by atoms with Gasteiger partial charge in [0.25, 0.3) is 5.69 Å². The third-order valence-electron chi connectivity index (χ3n) is 2.73. The second-order valence-corrected chi connectivity index (χ2v) is 4.12. The van der Waals surface area contributed by atoms with Crippen LogP contribution in [0.5, 0.6) is 5.75 Å². The first-order valence-electron chi connectivity index (χ1n) is 5.94. The molecule has 1 heterocycles. The number of benzene rings is 2. The van der Waals surface area contributed by atoms with Gasteiger partial charge in [0.05, 0.1) is 4.92 Å². The molecule has 6 nitrogen and oxygen atoms in total. The second-order valence-electron chi connectivity index (χ2n) is 4.12. The number of aromatic nitrogens is 1. The van der Waals surface area contributed by atoms with Gasteiger partial charge in [0, 0.05) is 12.1 Å². The molecule has 1 aromatic heterocycles. The Morgan fingerprint density at radius 1 is 1.20 bits per heavy atom. The van der Waals surface area contributed by atoms with Crippen molar-refractivity contribution in [2.45, 2.75) is 6.61 Å². The van der Waals surface area contributed by atoms with Crippen LogP contribution in [0.15, 0.2) is 52.9 Å². The van der Waals surface area contributed by atoms with Crippen LogP contribution in [0.2, 0.25) is 0 Å². The highest BCUT2D eigenvalue weighted by Gasteiger charge is 2.11. The molecule has 0 aliphatic rings. The van der Waals surface area contributed by atoms with Gasteiger partial charge in [0.1, 0.15) is 11.3 Å². The second kappa shape index (κ2) is 5.00. The number of ether oxygens (including phenoxy) is 1. The average Bonchev–Trinajstić information content (AvgIpc) is 2.88. The largest absolute Gasteiger partial charge is 0.484 e. The molecule has 0 aliphatic heterocycles. The predicted molar refractivity (Wildman–Crippen MR) is 71.4 cm³/mol. The Labute approximate surface area is 113 Å². The maximum atomic E-state index is 10.7. The highest BCUT2D eigenvalue weighted by Crippen LogP contribution is 2.22. The molecule has 20 heavy (non-hydrogen) atoms. The number of nitrogens with zero attached hydrogens (tertiary/aromatic N) is 2. The normalized spacial score (nSPS) is 10.6. The summed E-state index contributed by atoms with van der Waals surface area (Å²) in [6.07, 6.45) is 0. The minimum Gasteiger partial charge on any atom is -0.484 e. The van der Waals surface area contributed by atoms with Gasteiger partial charge in [-0.15, -0.1) is 0 Å². The SMILES string of the molecule is O=[N+]([O-])c1ccc2oc(COc3ccccc3)nc2c1. The summed E-state index contributed by atoms with van der Waals surface area (Å²) in [7, 11) is 0. The summed E-state index contributed by atoms with van der Waals surface area (Å²) >= 11 is 0. The first-order chi connectivity index (χ1) is 9.72. The molecule has 0 fully saturated rings. The highest BCUT2D eigenvalue weighted by molar-refractivity contribution is 5.75. The molecule has 3 rings (SSSR count). The lowest BCUT2D eigenvalue weighted by molar-refractivity contribution is -0.384. The summed E-state index contributed by atoms with van der Waals surface area (Å²) in [5.41, 5.74) is 0.939. The van der Waals surface area contributed by atoms with E-state index in [0.29, 0.717) is 22.7 Å². The number of para-hydroxylation sites is 1. The number of non-ortho nitro benzene ring substituents is 1.